The summed E-state index contributed by atoms with van der Waals surface area (Å²) in [6.45, 7) is 4.12. The average Bonchev–Trinajstić information content (AvgIpc) is 3.74. The number of fused-ring (bicyclic) bond motifs is 2. The maximum Gasteiger partial charge on any atom is 0.411 e. The van der Waals surface area contributed by atoms with Gasteiger partial charge in [0.2, 0.25) is 11.5 Å². The Bertz CT molecular complexity index is 2140. The van der Waals surface area contributed by atoms with Crippen LogP contribution in [0.15, 0.2) is 108 Å². The van der Waals surface area contributed by atoms with Gasteiger partial charge in [0.05, 0.1) is 17.3 Å². The van der Waals surface area contributed by atoms with Crippen molar-refractivity contribution in [1.29, 1.82) is 0 Å². The van der Waals surface area contributed by atoms with Gasteiger partial charge in [0.25, 0.3) is 0 Å². The van der Waals surface area contributed by atoms with Gasteiger partial charge in [0, 0.05) is 69.8 Å². The Hall–Kier alpha value is -5.49. The fourth-order valence-corrected chi connectivity index (χ4v) is 8.10. The summed E-state index contributed by atoms with van der Waals surface area (Å²) in [4.78, 5) is 44.2. The van der Waals surface area contributed by atoms with Crippen LogP contribution < -0.4 is 16.2 Å². The Kier molecular flexibility index (Phi) is 11.9. The minimum atomic E-state index is -0.856. The Morgan fingerprint density at radius 2 is 1.62 bits per heavy atom. The van der Waals surface area contributed by atoms with Gasteiger partial charge in [-0.15, -0.1) is 0 Å². The average molecular weight is 744 g/mol. The topological polar surface area (TPSA) is 147 Å². The lowest BCUT2D eigenvalue weighted by Crippen LogP contribution is -2.35. The van der Waals surface area contributed by atoms with E-state index in [1.165, 1.54) is 17.7 Å². The summed E-state index contributed by atoms with van der Waals surface area (Å²) in [5, 5.41) is 27.6. The van der Waals surface area contributed by atoms with Gasteiger partial charge < -0.3 is 30.2 Å². The SMILES string of the molecule is CN(CCNCC(O)c1ccc(O)c2[nH]c(=O)ccc12)C(=O)CCc1ccc(CN2C[C@H]3C[C@H](OC(=O)Nc4ccccc4-c4ccccc4)C[C@H]3C2)cc1. The van der Waals surface area contributed by atoms with Gasteiger partial charge in [-0.05, 0) is 71.6 Å². The molecule has 1 aliphatic carbocycles. The number of aryl methyl sites for hydroxylation is 1. The van der Waals surface area contributed by atoms with Crippen molar-refractivity contribution in [3.63, 3.8) is 0 Å². The Morgan fingerprint density at radius 3 is 2.38 bits per heavy atom. The van der Waals surface area contributed by atoms with E-state index in [4.69, 9.17) is 4.74 Å². The number of hydrogen-bond acceptors (Lipinski definition) is 8. The normalized spacial score (nSPS) is 18.5. The number of pyridine rings is 1. The molecule has 2 amide bonds. The first kappa shape index (κ1) is 37.8. The van der Waals surface area contributed by atoms with E-state index in [2.05, 4.69) is 44.8 Å². The molecular formula is C44H49N5O6. The maximum absolute atomic E-state index is 12.9. The number of aromatic nitrogens is 1. The highest BCUT2D eigenvalue weighted by molar-refractivity contribution is 5.91. The minimum Gasteiger partial charge on any atom is -0.506 e. The van der Waals surface area contributed by atoms with Gasteiger partial charge in [-0.2, -0.15) is 0 Å². The zero-order valence-electron chi connectivity index (χ0n) is 31.1. The number of nitrogens with zero attached hydrogens (tertiary/aromatic N) is 2. The molecule has 11 heteroatoms. The first-order chi connectivity index (χ1) is 26.7. The van der Waals surface area contributed by atoms with E-state index in [1.807, 2.05) is 54.6 Å². The number of phenolic OH excluding ortho intramolecular Hbond substituents is 1. The van der Waals surface area contributed by atoms with E-state index >= 15 is 0 Å². The fraction of sp³-hybridized carbons (Fsp3) is 0.341. The molecule has 1 aromatic heterocycles. The van der Waals surface area contributed by atoms with Crippen molar-refractivity contribution in [1.82, 2.24) is 20.1 Å². The molecule has 1 saturated heterocycles. The molecule has 286 valence electrons. The molecule has 0 spiro atoms. The number of hydrogen-bond donors (Lipinski definition) is 5. The molecule has 1 aliphatic heterocycles. The number of anilines is 1. The number of ether oxygens (including phenoxy) is 1. The van der Waals surface area contributed by atoms with Crippen molar-refractivity contribution in [3.05, 3.63) is 130 Å². The molecule has 7 rings (SSSR count). The van der Waals surface area contributed by atoms with Crippen molar-refractivity contribution in [3.8, 4) is 16.9 Å². The molecule has 0 radical (unpaired) electrons. The number of aliphatic hydroxyl groups excluding tert-OH is 1. The Labute approximate surface area is 321 Å². The lowest BCUT2D eigenvalue weighted by Gasteiger charge is -2.20. The molecule has 2 fully saturated rings. The quantitative estimate of drug-likeness (QED) is 0.0862. The number of carbonyl (C=O) groups is 2. The highest BCUT2D eigenvalue weighted by Gasteiger charge is 2.42. The number of amides is 2. The van der Waals surface area contributed by atoms with Crippen LogP contribution >= 0.6 is 0 Å². The molecule has 11 nitrogen and oxygen atoms in total. The summed E-state index contributed by atoms with van der Waals surface area (Å²) >= 11 is 0. The lowest BCUT2D eigenvalue weighted by atomic mass is 10.0. The fourth-order valence-electron chi connectivity index (χ4n) is 8.10. The molecule has 4 aromatic carbocycles. The predicted molar refractivity (Wildman–Crippen MR) is 214 cm³/mol. The third kappa shape index (κ3) is 9.43. The first-order valence-corrected chi connectivity index (χ1v) is 19.1. The van der Waals surface area contributed by atoms with Crippen LogP contribution in [0, 0.1) is 11.8 Å². The van der Waals surface area contributed by atoms with Crippen LogP contribution in [0.2, 0.25) is 0 Å². The van der Waals surface area contributed by atoms with Crippen LogP contribution in [-0.4, -0.2) is 82.9 Å². The number of nitrogens with one attached hydrogen (secondary N) is 3. The first-order valence-electron chi connectivity index (χ1n) is 19.1. The number of benzene rings is 4. The summed E-state index contributed by atoms with van der Waals surface area (Å²) in [6, 6.07) is 32.4. The van der Waals surface area contributed by atoms with Crippen molar-refractivity contribution in [2.24, 2.45) is 11.8 Å². The van der Waals surface area contributed by atoms with Crippen LogP contribution in [0.3, 0.4) is 0 Å². The number of carbonyl (C=O) groups excluding carboxylic acids is 2. The second-order valence-electron chi connectivity index (χ2n) is 14.9. The number of likely N-dealkylation sites (tertiary alicyclic amines) is 1. The molecular weight excluding hydrogens is 695 g/mol. The van der Waals surface area contributed by atoms with E-state index in [9.17, 15) is 24.6 Å². The number of likely N-dealkylation sites (N-methyl/N-ethyl adjacent to an activating group) is 1. The highest BCUT2D eigenvalue weighted by atomic mass is 16.6. The van der Waals surface area contributed by atoms with Gasteiger partial charge in [-0.3, -0.25) is 19.8 Å². The molecule has 4 atom stereocenters. The maximum atomic E-state index is 12.9. The predicted octanol–water partition coefficient (Wildman–Crippen LogP) is 6.07. The highest BCUT2D eigenvalue weighted by Crippen LogP contribution is 2.40. The smallest absolute Gasteiger partial charge is 0.411 e. The number of para-hydroxylation sites is 1. The third-order valence-corrected chi connectivity index (χ3v) is 11.0. The van der Waals surface area contributed by atoms with E-state index < -0.39 is 12.2 Å². The van der Waals surface area contributed by atoms with Gasteiger partial charge >= 0.3 is 6.09 Å². The van der Waals surface area contributed by atoms with Crippen LogP contribution in [0.25, 0.3) is 22.0 Å². The second-order valence-corrected chi connectivity index (χ2v) is 14.9. The van der Waals surface area contributed by atoms with Crippen LogP contribution in [0.5, 0.6) is 5.75 Å². The minimum absolute atomic E-state index is 0.0508. The zero-order valence-corrected chi connectivity index (χ0v) is 31.1. The van der Waals surface area contributed by atoms with Crippen LogP contribution in [0.1, 0.15) is 42.1 Å². The summed E-state index contributed by atoms with van der Waals surface area (Å²) in [5.41, 5.74) is 5.69. The van der Waals surface area contributed by atoms with Crippen molar-refractivity contribution in [2.45, 2.75) is 44.4 Å². The zero-order chi connectivity index (χ0) is 38.3. The Balaban J connectivity index is 0.791. The molecule has 0 bridgehead atoms. The van der Waals surface area contributed by atoms with Crippen LogP contribution in [0.4, 0.5) is 10.5 Å². The number of aliphatic hydroxyl groups is 1. The number of aromatic amines is 1. The Morgan fingerprint density at radius 1 is 0.909 bits per heavy atom. The van der Waals surface area contributed by atoms with Crippen molar-refractivity contribution >= 4 is 28.6 Å². The lowest BCUT2D eigenvalue weighted by molar-refractivity contribution is -0.129. The van der Waals surface area contributed by atoms with Gasteiger partial charge in [-0.25, -0.2) is 4.79 Å². The van der Waals surface area contributed by atoms with E-state index in [1.54, 1.807) is 24.1 Å². The molecule has 1 saturated carbocycles. The number of phenols is 1. The standard InChI is InChI=1S/C44H49N5O6/c1-48(22-21-45-25-40(51)36-16-18-39(50)43-37(36)17-19-41(52)47-43)42(53)20-15-29-11-13-30(14-12-29)26-49-27-32-23-34(24-33(32)28-49)55-44(54)46-38-10-6-5-9-35(38)31-7-3-2-4-8-31/h2-14,16-19,32-34,40,45,50-51H,15,20-28H2,1H3,(H,46,54)(H,47,52)/t32-,33+,34+,40?. The molecule has 2 heterocycles. The number of H-pyrrole nitrogens is 1. The summed E-state index contributed by atoms with van der Waals surface area (Å²) < 4.78 is 5.91. The molecule has 5 N–H and O–H groups in total. The molecule has 55 heavy (non-hydrogen) atoms. The molecule has 5 aromatic rings. The van der Waals surface area contributed by atoms with Gasteiger partial charge in [0.1, 0.15) is 11.9 Å². The number of rotatable bonds is 14. The molecule has 1 unspecified atom stereocenters. The number of aromatic hydroxyl groups is 1. The van der Waals surface area contributed by atoms with Crippen molar-refractivity contribution in [2.75, 3.05) is 45.1 Å². The van der Waals surface area contributed by atoms with Gasteiger partial charge in [0.15, 0.2) is 0 Å². The summed E-state index contributed by atoms with van der Waals surface area (Å²) in [6.07, 6.45) is 1.51. The summed E-state index contributed by atoms with van der Waals surface area (Å²) in [7, 11) is 1.79. The largest absolute Gasteiger partial charge is 0.506 e. The van der Waals surface area contributed by atoms with Gasteiger partial charge in [-0.1, -0.05) is 78.9 Å². The monoisotopic (exact) mass is 743 g/mol. The van der Waals surface area contributed by atoms with E-state index in [0.717, 1.165) is 54.9 Å². The van der Waals surface area contributed by atoms with E-state index in [0.29, 0.717) is 54.2 Å². The molecule has 2 aliphatic rings. The third-order valence-electron chi connectivity index (χ3n) is 11.0. The van der Waals surface area contributed by atoms with E-state index in [-0.39, 0.29) is 29.9 Å². The van der Waals surface area contributed by atoms with Crippen LogP contribution in [-0.2, 0) is 22.5 Å². The second kappa shape index (κ2) is 17.3. The summed E-state index contributed by atoms with van der Waals surface area (Å²) in [5.74, 6) is 1.04. The van der Waals surface area contributed by atoms with Crippen molar-refractivity contribution < 1.29 is 24.5 Å².